The van der Waals surface area contributed by atoms with Crippen LogP contribution >= 0.6 is 26.1 Å². The molecule has 0 saturated heterocycles. The fraction of sp³-hybridized carbons (Fsp3) is 0. The molecule has 0 heterocycles. The van der Waals surface area contributed by atoms with E-state index in [0.717, 1.165) is 0 Å². The fourth-order valence-corrected chi connectivity index (χ4v) is 0. The molecule has 0 aliphatic heterocycles. The first-order chi connectivity index (χ1) is 4.24. The number of hydrogen-bond donors (Lipinski definition) is 0. The maximum absolute atomic E-state index is 8.35. The van der Waals surface area contributed by atoms with E-state index < -0.39 is 26.1 Å². The van der Waals surface area contributed by atoms with Gasteiger partial charge >= 0.3 is 38.2 Å². The predicted molar refractivity (Wildman–Crippen MR) is 22.8 cm³/mol. The summed E-state index contributed by atoms with van der Waals surface area (Å²) in [5.74, 6) is 0. The quantitative estimate of drug-likeness (QED) is 0.498. The predicted octanol–water partition coefficient (Wildman–Crippen LogP) is -1.34. The van der Waals surface area contributed by atoms with Crippen LogP contribution in [0.5, 0.6) is 0 Å². The largest absolute Gasteiger partial charge is 3.00 e. The van der Waals surface area contributed by atoms with Gasteiger partial charge in [0, 0.05) is 0 Å². The molecule has 0 unspecified atom stereocenters. The van der Waals surface area contributed by atoms with Gasteiger partial charge in [-0.15, -0.1) is 0 Å². The van der Waals surface area contributed by atoms with E-state index in [4.69, 9.17) is 28.4 Å². The van der Waals surface area contributed by atoms with Crippen molar-refractivity contribution in [2.24, 2.45) is 0 Å². The molecule has 0 aliphatic carbocycles. The molecule has 61 valence electrons. The molecule has 0 bridgehead atoms. The molecule has 10 heavy (non-hydrogen) atoms. The topological polar surface area (TPSA) is 120 Å². The average molecular weight is 351 g/mol. The van der Waals surface area contributed by atoms with Crippen LogP contribution in [0.2, 0.25) is 0 Å². The zero-order chi connectivity index (χ0) is 8.12. The summed E-state index contributed by atoms with van der Waals surface area (Å²) in [5.41, 5.74) is 0. The third-order valence-corrected chi connectivity index (χ3v) is 0. The molecule has 10 heteroatoms. The molecule has 6 nitrogen and oxygen atoms in total. The molecule has 0 N–H and O–H groups in total. The second-order valence-corrected chi connectivity index (χ2v) is 0.671. The fourth-order valence-electron chi connectivity index (χ4n) is 0. The van der Waals surface area contributed by atoms with Gasteiger partial charge in [0.2, 0.25) is 0 Å². The Bertz CT molecular complexity index is 49.7. The van der Waals surface area contributed by atoms with Crippen molar-refractivity contribution in [2.45, 2.75) is 0 Å². The molecule has 0 amide bonds. The zero-order valence-electron chi connectivity index (χ0n) is 4.11. The van der Waals surface area contributed by atoms with Crippen molar-refractivity contribution in [1.82, 2.24) is 0 Å². The Balaban J connectivity index is -0.0000000257. The van der Waals surface area contributed by atoms with E-state index in [1.54, 1.807) is 0 Å². The Morgan fingerprint density at radius 1 is 0.700 bits per heavy atom. The van der Waals surface area contributed by atoms with Crippen LogP contribution in [0.4, 0.5) is 0 Å². The van der Waals surface area contributed by atoms with Gasteiger partial charge in [-0.05, 0) is 0 Å². The summed E-state index contributed by atoms with van der Waals surface area (Å²) in [5, 5.41) is 0. The molecule has 0 saturated carbocycles. The van der Waals surface area contributed by atoms with Crippen LogP contribution in [0.3, 0.4) is 0 Å². The summed E-state index contributed by atoms with van der Waals surface area (Å²) in [7, 11) is -3.25. The van der Waals surface area contributed by atoms with Crippen molar-refractivity contribution in [3.8, 4) is 0 Å². The minimum Gasteiger partial charge on any atom is -0.772 e. The first kappa shape index (κ1) is 22.5. The van der Waals surface area contributed by atoms with Gasteiger partial charge in [-0.3, -0.25) is 13.7 Å². The second-order valence-electron chi connectivity index (χ2n) is 0.224. The Morgan fingerprint density at radius 2 is 0.700 bits per heavy atom. The van der Waals surface area contributed by atoms with Gasteiger partial charge in [-0.25, -0.2) is 0 Å². The van der Waals surface area contributed by atoms with Crippen LogP contribution in [-0.4, -0.2) is 0 Å². The Morgan fingerprint density at radius 3 is 0.700 bits per heavy atom. The zero-order valence-corrected chi connectivity index (χ0v) is 8.82. The maximum atomic E-state index is 8.35. The summed E-state index contributed by atoms with van der Waals surface area (Å²) in [6.45, 7) is 0. The molecular weight excluding hydrogens is 351 g/mol. The van der Waals surface area contributed by atoms with Gasteiger partial charge in [0.1, 0.15) is 0 Å². The maximum Gasteiger partial charge on any atom is 3.00 e. The molecule has 0 rings (SSSR count). The summed E-state index contributed by atoms with van der Waals surface area (Å²) in [6, 6.07) is 0. The standard InChI is InChI=1S/Dy.3HO2P/c;3*1-3-2/h;3*(H,1,2)/q+3;;;/p-3. The van der Waals surface area contributed by atoms with Gasteiger partial charge in [0.05, 0.1) is 26.1 Å². The van der Waals surface area contributed by atoms with E-state index in [2.05, 4.69) is 0 Å². The summed E-state index contributed by atoms with van der Waals surface area (Å²) in [4.78, 5) is 25.0. The normalized spacial score (nSPS) is 6.30. The monoisotopic (exact) mass is 353 g/mol. The van der Waals surface area contributed by atoms with Crippen LogP contribution in [0, 0.1) is 38.2 Å². The van der Waals surface area contributed by atoms with Crippen LogP contribution in [0.15, 0.2) is 0 Å². The average Bonchev–Trinajstić information content (AvgIpc) is 1.70. The van der Waals surface area contributed by atoms with Crippen molar-refractivity contribution in [1.29, 1.82) is 0 Å². The summed E-state index contributed by atoms with van der Waals surface area (Å²) >= 11 is 0. The van der Waals surface area contributed by atoms with E-state index in [-0.39, 0.29) is 38.2 Å². The first-order valence-corrected chi connectivity index (χ1v) is 3.29. The third kappa shape index (κ3) is 320. The van der Waals surface area contributed by atoms with Crippen molar-refractivity contribution in [3.05, 3.63) is 0 Å². The van der Waals surface area contributed by atoms with Gasteiger partial charge in [-0.1, -0.05) is 0 Å². The SMILES string of the molecule is O=P[O-].O=P[O-].O=P[O-].[Dy+3]. The molecule has 0 aromatic heterocycles. The Hall–Kier alpha value is 1.45. The van der Waals surface area contributed by atoms with Crippen molar-refractivity contribution < 1.29 is 66.5 Å². The van der Waals surface area contributed by atoms with Crippen LogP contribution in [0.25, 0.3) is 0 Å². The number of hydrogen-bond acceptors (Lipinski definition) is 6. The van der Waals surface area contributed by atoms with Crippen molar-refractivity contribution in [3.63, 3.8) is 0 Å². The molecule has 0 spiro atoms. The second kappa shape index (κ2) is 47.1. The summed E-state index contributed by atoms with van der Waals surface area (Å²) < 4.78 is 25.0. The Kier molecular flexibility index (Phi) is 106. The molecule has 0 aromatic rings. The van der Waals surface area contributed by atoms with Crippen LogP contribution in [0.1, 0.15) is 0 Å². The van der Waals surface area contributed by atoms with Gasteiger partial charge in [0.15, 0.2) is 0 Å². The molecule has 0 aromatic carbocycles. The minimum absolute atomic E-state index is 0. The van der Waals surface area contributed by atoms with E-state index >= 15 is 0 Å². The third-order valence-electron chi connectivity index (χ3n) is 0. The molecule has 0 aliphatic rings. The smallest absolute Gasteiger partial charge is 0.772 e. The van der Waals surface area contributed by atoms with Gasteiger partial charge in [-0.2, -0.15) is 0 Å². The van der Waals surface area contributed by atoms with E-state index in [0.29, 0.717) is 0 Å². The molecular formula is DyO6P3. The Labute approximate surface area is 91.9 Å². The van der Waals surface area contributed by atoms with E-state index in [1.165, 1.54) is 0 Å². The first-order valence-electron chi connectivity index (χ1n) is 1.10. The van der Waals surface area contributed by atoms with E-state index in [9.17, 15) is 0 Å². The molecule has 0 fully saturated rings. The van der Waals surface area contributed by atoms with Crippen molar-refractivity contribution >= 4 is 26.1 Å². The van der Waals surface area contributed by atoms with Gasteiger partial charge < -0.3 is 14.7 Å². The number of rotatable bonds is 0. The van der Waals surface area contributed by atoms with E-state index in [1.807, 2.05) is 0 Å². The van der Waals surface area contributed by atoms with Crippen LogP contribution < -0.4 is 14.7 Å². The minimum atomic E-state index is -1.08. The summed E-state index contributed by atoms with van der Waals surface area (Å²) in [6.07, 6.45) is 0. The van der Waals surface area contributed by atoms with Gasteiger partial charge in [0.25, 0.3) is 0 Å². The van der Waals surface area contributed by atoms with Crippen molar-refractivity contribution in [2.75, 3.05) is 0 Å². The molecule has 1 radical (unpaired) electrons. The molecule has 0 atom stereocenters. The van der Waals surface area contributed by atoms with Crippen LogP contribution in [-0.2, 0) is 13.7 Å².